The lowest BCUT2D eigenvalue weighted by molar-refractivity contribution is 0.0515. The zero-order chi connectivity index (χ0) is 17.4. The Morgan fingerprint density at radius 2 is 1.82 bits per heavy atom. The first-order chi connectivity index (χ1) is 10.5. The highest BCUT2D eigenvalue weighted by Crippen LogP contribution is 2.30. The molecule has 0 fully saturated rings. The van der Waals surface area contributed by atoms with Gasteiger partial charge in [-0.05, 0) is 32.4 Å². The smallest absolute Gasteiger partial charge is 0.355 e. The zero-order valence-corrected chi connectivity index (χ0v) is 15.6. The summed E-state index contributed by atoms with van der Waals surface area (Å²) >= 11 is 6.15. The number of halogens is 1. The van der Waals surface area contributed by atoms with Crippen LogP contribution < -0.4 is 0 Å². The van der Waals surface area contributed by atoms with Crippen LogP contribution in [0.2, 0.25) is 5.15 Å². The Labute approximate surface area is 138 Å². The van der Waals surface area contributed by atoms with E-state index in [1.165, 1.54) is 0 Å². The molecule has 0 bridgehead atoms. The first kappa shape index (κ1) is 20.5. The van der Waals surface area contributed by atoms with Crippen LogP contribution in [0.15, 0.2) is 6.07 Å². The molecule has 22 heavy (non-hydrogen) atoms. The third kappa shape index (κ3) is 4.01. The maximum Gasteiger partial charge on any atom is 0.355 e. The molecule has 0 aliphatic carbocycles. The van der Waals surface area contributed by atoms with Gasteiger partial charge in [-0.15, -0.1) is 0 Å². The summed E-state index contributed by atoms with van der Waals surface area (Å²) < 4.78 is 6.81. The molecule has 2 aromatic heterocycles. The molecule has 2 rings (SSSR count). The van der Waals surface area contributed by atoms with Crippen molar-refractivity contribution in [1.29, 1.82) is 0 Å². The fraction of sp³-hybridized carbons (Fsp3) is 0.529. The fourth-order valence-electron chi connectivity index (χ4n) is 2.21. The van der Waals surface area contributed by atoms with Gasteiger partial charge in [-0.2, -0.15) is 0 Å². The van der Waals surface area contributed by atoms with Gasteiger partial charge >= 0.3 is 5.97 Å². The first-order valence-electron chi connectivity index (χ1n) is 7.76. The number of aromatic nitrogens is 2. The number of rotatable bonds is 2. The van der Waals surface area contributed by atoms with Crippen molar-refractivity contribution in [2.24, 2.45) is 7.05 Å². The Kier molecular flexibility index (Phi) is 8.80. The second-order valence-corrected chi connectivity index (χ2v) is 4.56. The predicted molar refractivity (Wildman–Crippen MR) is 93.9 cm³/mol. The minimum Gasteiger partial charge on any atom is -0.461 e. The lowest BCUT2D eigenvalue weighted by atomic mass is 10.1. The molecule has 0 amide bonds. The molecule has 4 nitrogen and oxygen atoms in total. The maximum absolute atomic E-state index is 11.9. The standard InChI is InChI=1S/C13H15ClN2O2.2C2H6/c1-5-18-13(17)10-8(3)9-6-7(2)15-12(14)11(9)16(10)4;2*1-2/h6H,5H2,1-4H3;2*1-2H3. The van der Waals surface area contributed by atoms with Crippen LogP contribution in [0.4, 0.5) is 0 Å². The summed E-state index contributed by atoms with van der Waals surface area (Å²) in [6.45, 7) is 13.9. The monoisotopic (exact) mass is 326 g/mol. The number of pyridine rings is 1. The van der Waals surface area contributed by atoms with Crippen LogP contribution in [-0.4, -0.2) is 22.1 Å². The zero-order valence-electron chi connectivity index (χ0n) is 14.9. The molecule has 0 aliphatic heterocycles. The molecule has 0 atom stereocenters. The summed E-state index contributed by atoms with van der Waals surface area (Å²) in [5, 5.41) is 1.35. The van der Waals surface area contributed by atoms with Crippen molar-refractivity contribution >= 4 is 28.5 Å². The van der Waals surface area contributed by atoms with Crippen molar-refractivity contribution < 1.29 is 9.53 Å². The van der Waals surface area contributed by atoms with Crippen molar-refractivity contribution in [3.63, 3.8) is 0 Å². The molecule has 0 saturated carbocycles. The third-order valence-electron chi connectivity index (χ3n) is 2.98. The highest BCUT2D eigenvalue weighted by Gasteiger charge is 2.21. The average molecular weight is 327 g/mol. The summed E-state index contributed by atoms with van der Waals surface area (Å²) in [4.78, 5) is 16.2. The van der Waals surface area contributed by atoms with E-state index < -0.39 is 0 Å². The topological polar surface area (TPSA) is 44.1 Å². The van der Waals surface area contributed by atoms with Gasteiger partial charge in [0.1, 0.15) is 5.69 Å². The number of nitrogens with zero attached hydrogens (tertiary/aromatic N) is 2. The molecule has 2 aromatic rings. The van der Waals surface area contributed by atoms with Crippen molar-refractivity contribution in [2.75, 3.05) is 6.61 Å². The van der Waals surface area contributed by atoms with E-state index in [0.717, 1.165) is 22.2 Å². The van der Waals surface area contributed by atoms with E-state index in [9.17, 15) is 4.79 Å². The summed E-state index contributed by atoms with van der Waals surface area (Å²) in [6.07, 6.45) is 0. The third-order valence-corrected chi connectivity index (χ3v) is 3.24. The Balaban J connectivity index is 0.00000102. The molecule has 0 aromatic carbocycles. The number of carbonyl (C=O) groups is 1. The molecule has 124 valence electrons. The molecule has 0 N–H and O–H groups in total. The number of hydrogen-bond acceptors (Lipinski definition) is 3. The van der Waals surface area contributed by atoms with E-state index in [2.05, 4.69) is 4.98 Å². The molecule has 0 unspecified atom stereocenters. The largest absolute Gasteiger partial charge is 0.461 e. The number of esters is 1. The Bertz CT molecular complexity index is 633. The van der Waals surface area contributed by atoms with E-state index in [-0.39, 0.29) is 5.97 Å². The van der Waals surface area contributed by atoms with Crippen molar-refractivity contribution in [3.05, 3.63) is 28.2 Å². The second-order valence-electron chi connectivity index (χ2n) is 4.20. The average Bonchev–Trinajstić information content (AvgIpc) is 2.75. The number of fused-ring (bicyclic) bond motifs is 1. The van der Waals surface area contributed by atoms with Gasteiger partial charge in [0.15, 0.2) is 5.15 Å². The van der Waals surface area contributed by atoms with Crippen LogP contribution in [-0.2, 0) is 11.8 Å². The maximum atomic E-state index is 11.9. The molecule has 0 radical (unpaired) electrons. The minimum atomic E-state index is -0.331. The molecular weight excluding hydrogens is 300 g/mol. The first-order valence-corrected chi connectivity index (χ1v) is 8.14. The number of ether oxygens (including phenoxy) is 1. The van der Waals surface area contributed by atoms with E-state index in [4.69, 9.17) is 16.3 Å². The molecule has 0 aliphatic rings. The molecular formula is C17H27ClN2O2. The normalized spacial score (nSPS) is 9.50. The van der Waals surface area contributed by atoms with Crippen molar-refractivity contribution in [3.8, 4) is 0 Å². The Morgan fingerprint density at radius 3 is 2.32 bits per heavy atom. The Morgan fingerprint density at radius 1 is 1.27 bits per heavy atom. The number of carbonyl (C=O) groups excluding carboxylic acids is 1. The minimum absolute atomic E-state index is 0.331. The van der Waals surface area contributed by atoms with Crippen LogP contribution in [0.3, 0.4) is 0 Å². The van der Waals surface area contributed by atoms with Gasteiger partial charge in [-0.25, -0.2) is 9.78 Å². The molecule has 5 heteroatoms. The molecule has 2 heterocycles. The highest BCUT2D eigenvalue weighted by molar-refractivity contribution is 6.34. The van der Waals surface area contributed by atoms with Crippen LogP contribution >= 0.6 is 11.6 Å². The van der Waals surface area contributed by atoms with Gasteiger partial charge in [-0.3, -0.25) is 0 Å². The fourth-order valence-corrected chi connectivity index (χ4v) is 2.58. The van der Waals surface area contributed by atoms with Crippen LogP contribution in [0, 0.1) is 13.8 Å². The van der Waals surface area contributed by atoms with Gasteiger partial charge in [0.05, 0.1) is 12.1 Å². The summed E-state index contributed by atoms with van der Waals surface area (Å²) in [5.74, 6) is -0.331. The quantitative estimate of drug-likeness (QED) is 0.571. The summed E-state index contributed by atoms with van der Waals surface area (Å²) in [5.41, 5.74) is 3.00. The molecule has 0 spiro atoms. The Hall–Kier alpha value is -1.55. The summed E-state index contributed by atoms with van der Waals surface area (Å²) in [7, 11) is 1.80. The SMILES string of the molecule is CC.CC.CCOC(=O)c1c(C)c2cc(C)nc(Cl)c2n1C. The van der Waals surface area contributed by atoms with Crippen molar-refractivity contribution in [2.45, 2.75) is 48.5 Å². The number of aryl methyl sites for hydroxylation is 3. The van der Waals surface area contributed by atoms with E-state index in [1.807, 2.05) is 47.6 Å². The van der Waals surface area contributed by atoms with Gasteiger partial charge in [0.25, 0.3) is 0 Å². The highest BCUT2D eigenvalue weighted by atomic mass is 35.5. The van der Waals surface area contributed by atoms with E-state index in [1.54, 1.807) is 18.5 Å². The number of hydrogen-bond donors (Lipinski definition) is 0. The van der Waals surface area contributed by atoms with Crippen LogP contribution in [0.1, 0.15) is 56.4 Å². The lowest BCUT2D eigenvalue weighted by Crippen LogP contribution is -2.11. The summed E-state index contributed by atoms with van der Waals surface area (Å²) in [6, 6.07) is 1.93. The van der Waals surface area contributed by atoms with E-state index in [0.29, 0.717) is 17.5 Å². The van der Waals surface area contributed by atoms with Crippen molar-refractivity contribution in [1.82, 2.24) is 9.55 Å². The lowest BCUT2D eigenvalue weighted by Gasteiger charge is -2.05. The predicted octanol–water partition coefficient (Wildman–Crippen LogP) is 5.07. The molecule has 0 saturated heterocycles. The van der Waals surface area contributed by atoms with Gasteiger partial charge in [0.2, 0.25) is 0 Å². The van der Waals surface area contributed by atoms with Gasteiger partial charge < -0.3 is 9.30 Å². The van der Waals surface area contributed by atoms with Gasteiger partial charge in [-0.1, -0.05) is 39.3 Å². The van der Waals surface area contributed by atoms with Gasteiger partial charge in [0, 0.05) is 18.1 Å². The second kappa shape index (κ2) is 9.46. The van der Waals surface area contributed by atoms with Crippen LogP contribution in [0.25, 0.3) is 10.9 Å². The van der Waals surface area contributed by atoms with E-state index >= 15 is 0 Å². The van der Waals surface area contributed by atoms with Crippen LogP contribution in [0.5, 0.6) is 0 Å².